The van der Waals surface area contributed by atoms with Gasteiger partial charge in [0, 0.05) is 33.6 Å². The van der Waals surface area contributed by atoms with Gasteiger partial charge in [-0.05, 0) is 19.1 Å². The van der Waals surface area contributed by atoms with E-state index in [2.05, 4.69) is 30.5 Å². The molecule has 0 aliphatic heterocycles. The molecule has 0 bridgehead atoms. The Morgan fingerprint density at radius 3 is 2.80 bits per heavy atom. The van der Waals surface area contributed by atoms with Crippen molar-refractivity contribution >= 4 is 33.1 Å². The van der Waals surface area contributed by atoms with Crippen molar-refractivity contribution in [3.05, 3.63) is 23.2 Å². The van der Waals surface area contributed by atoms with Gasteiger partial charge in [0.1, 0.15) is 11.2 Å². The summed E-state index contributed by atoms with van der Waals surface area (Å²) in [5.74, 6) is 0.0383. The summed E-state index contributed by atoms with van der Waals surface area (Å²) in [4.78, 5) is 13.6. The summed E-state index contributed by atoms with van der Waals surface area (Å²) in [6.07, 6.45) is 0. The maximum atomic E-state index is 11.8. The predicted octanol–water partition coefficient (Wildman–Crippen LogP) is 2.52. The van der Waals surface area contributed by atoms with E-state index < -0.39 is 0 Å². The van der Waals surface area contributed by atoms with Crippen molar-refractivity contribution in [1.82, 2.24) is 0 Å². The Morgan fingerprint density at radius 2 is 2.20 bits per heavy atom. The average Bonchev–Trinajstić information content (AvgIpc) is 2.73. The summed E-state index contributed by atoms with van der Waals surface area (Å²) in [6.45, 7) is 7.90. The van der Waals surface area contributed by atoms with Crippen molar-refractivity contribution in [2.75, 3.05) is 25.2 Å². The molecule has 0 fully saturated rings. The first-order valence-corrected chi connectivity index (χ1v) is 7.60. The molecule has 0 saturated heterocycles. The van der Waals surface area contributed by atoms with Gasteiger partial charge in [0.25, 0.3) is 0 Å². The molecule has 1 aromatic heterocycles. The quantitative estimate of drug-likeness (QED) is 0.794. The fourth-order valence-corrected chi connectivity index (χ4v) is 3.46. The molecule has 5 heteroatoms. The average molecular weight is 293 g/mol. The van der Waals surface area contributed by atoms with Crippen molar-refractivity contribution < 1.29 is 14.1 Å². The van der Waals surface area contributed by atoms with E-state index in [-0.39, 0.29) is 5.91 Å². The molecule has 0 N–H and O–H groups in total. The molecule has 20 heavy (non-hydrogen) atoms. The molecule has 4 nitrogen and oxygen atoms in total. The normalized spacial score (nSPS) is 11.0. The Hall–Kier alpha value is -1.46. The number of rotatable bonds is 5. The molecule has 1 heterocycles. The lowest BCUT2D eigenvalue weighted by molar-refractivity contribution is -0.669. The summed E-state index contributed by atoms with van der Waals surface area (Å²) in [7, 11) is 1.65. The highest BCUT2D eigenvalue weighted by molar-refractivity contribution is 7.18. The van der Waals surface area contributed by atoms with Crippen molar-refractivity contribution in [3.63, 3.8) is 0 Å². The van der Waals surface area contributed by atoms with Crippen LogP contribution in [0.15, 0.2) is 18.2 Å². The van der Waals surface area contributed by atoms with Gasteiger partial charge in [0.2, 0.25) is 16.4 Å². The maximum absolute atomic E-state index is 11.8. The third-order valence-corrected chi connectivity index (χ3v) is 4.48. The minimum atomic E-state index is 0.0383. The number of aryl methyl sites for hydroxylation is 2. The molecular weight excluding hydrogens is 272 g/mol. The Balaban J connectivity index is 2.45. The number of anilines is 1. The Bertz CT molecular complexity index is 622. The molecule has 0 spiro atoms. The first-order valence-electron chi connectivity index (χ1n) is 6.78. The maximum Gasteiger partial charge on any atom is 0.235 e. The number of aromatic nitrogens is 1. The lowest BCUT2D eigenvalue weighted by atomic mass is 10.2. The van der Waals surface area contributed by atoms with Gasteiger partial charge in [-0.3, -0.25) is 4.79 Å². The zero-order valence-electron chi connectivity index (χ0n) is 12.5. The number of methoxy groups -OCH3 is 1. The molecule has 2 rings (SSSR count). The third kappa shape index (κ3) is 2.83. The van der Waals surface area contributed by atoms with Gasteiger partial charge in [-0.15, -0.1) is 0 Å². The summed E-state index contributed by atoms with van der Waals surface area (Å²) < 4.78 is 8.61. The third-order valence-electron chi connectivity index (χ3n) is 3.40. The van der Waals surface area contributed by atoms with Gasteiger partial charge < -0.3 is 9.64 Å². The molecule has 0 aliphatic carbocycles. The number of carbonyl (C=O) groups is 1. The van der Waals surface area contributed by atoms with E-state index in [0.29, 0.717) is 13.2 Å². The molecular formula is C15H21N2O2S+. The zero-order valence-corrected chi connectivity index (χ0v) is 13.3. The second kappa shape index (κ2) is 6.33. The summed E-state index contributed by atoms with van der Waals surface area (Å²) in [5.41, 5.74) is 2.12. The van der Waals surface area contributed by atoms with Crippen LogP contribution in [0.2, 0.25) is 0 Å². The molecule has 2 aromatic rings. The standard InChI is InChI=1S/C15H21N2O2S/c1-5-16-12(3)20-15-7-6-13(10-14(15)16)17(11(2)18)8-9-19-4/h6-7,10H,5,8-9H2,1-4H3/q+1. The number of ether oxygens (including phenoxy) is 1. The van der Waals surface area contributed by atoms with Crippen molar-refractivity contribution in [1.29, 1.82) is 0 Å². The topological polar surface area (TPSA) is 33.4 Å². The lowest BCUT2D eigenvalue weighted by Gasteiger charge is -2.20. The van der Waals surface area contributed by atoms with Crippen LogP contribution >= 0.6 is 11.3 Å². The molecule has 0 radical (unpaired) electrons. The number of thiazole rings is 1. The van der Waals surface area contributed by atoms with E-state index in [1.807, 2.05) is 6.07 Å². The highest BCUT2D eigenvalue weighted by Gasteiger charge is 2.18. The van der Waals surface area contributed by atoms with E-state index >= 15 is 0 Å². The van der Waals surface area contributed by atoms with Crippen LogP contribution in [0.4, 0.5) is 5.69 Å². The molecule has 0 aliphatic rings. The van der Waals surface area contributed by atoms with Gasteiger partial charge in [-0.2, -0.15) is 4.57 Å². The second-order valence-corrected chi connectivity index (χ2v) is 5.92. The minimum absolute atomic E-state index is 0.0383. The van der Waals surface area contributed by atoms with Gasteiger partial charge in [-0.25, -0.2) is 0 Å². The molecule has 108 valence electrons. The first kappa shape index (κ1) is 14.9. The summed E-state index contributed by atoms with van der Waals surface area (Å²) in [5, 5.41) is 1.28. The molecule has 1 amide bonds. The van der Waals surface area contributed by atoms with Crippen molar-refractivity contribution in [2.45, 2.75) is 27.3 Å². The molecule has 0 atom stereocenters. The van der Waals surface area contributed by atoms with Crippen LogP contribution < -0.4 is 9.47 Å². The first-order chi connectivity index (χ1) is 9.58. The SMILES string of the molecule is CC[n+]1c(C)sc2ccc(N(CCOC)C(C)=O)cc21. The van der Waals surface area contributed by atoms with Crippen LogP contribution in [0.5, 0.6) is 0 Å². The zero-order chi connectivity index (χ0) is 14.7. The van der Waals surface area contributed by atoms with Crippen molar-refractivity contribution in [3.8, 4) is 0 Å². The van der Waals surface area contributed by atoms with Crippen LogP contribution in [0.1, 0.15) is 18.9 Å². The monoisotopic (exact) mass is 293 g/mol. The van der Waals surface area contributed by atoms with E-state index in [0.717, 1.165) is 12.2 Å². The van der Waals surface area contributed by atoms with E-state index in [1.165, 1.54) is 15.2 Å². The Kier molecular flexibility index (Phi) is 4.73. The number of hydrogen-bond donors (Lipinski definition) is 0. The van der Waals surface area contributed by atoms with E-state index in [4.69, 9.17) is 4.74 Å². The molecule has 0 saturated carbocycles. The van der Waals surface area contributed by atoms with Gasteiger partial charge in [0.05, 0.1) is 12.3 Å². The van der Waals surface area contributed by atoms with Crippen LogP contribution in [0.25, 0.3) is 10.2 Å². The largest absolute Gasteiger partial charge is 0.383 e. The number of carbonyl (C=O) groups excluding carboxylic acids is 1. The number of benzene rings is 1. The summed E-state index contributed by atoms with van der Waals surface area (Å²) in [6, 6.07) is 6.20. The highest BCUT2D eigenvalue weighted by Crippen LogP contribution is 2.25. The van der Waals surface area contributed by atoms with E-state index in [1.54, 1.807) is 30.3 Å². The lowest BCUT2D eigenvalue weighted by Crippen LogP contribution is -2.34. The predicted molar refractivity (Wildman–Crippen MR) is 82.3 cm³/mol. The minimum Gasteiger partial charge on any atom is -0.383 e. The highest BCUT2D eigenvalue weighted by atomic mass is 32.1. The van der Waals surface area contributed by atoms with Crippen LogP contribution in [-0.2, 0) is 16.1 Å². The van der Waals surface area contributed by atoms with Crippen LogP contribution in [0.3, 0.4) is 0 Å². The number of fused-ring (bicyclic) bond motifs is 1. The Morgan fingerprint density at radius 1 is 1.45 bits per heavy atom. The summed E-state index contributed by atoms with van der Waals surface area (Å²) >= 11 is 1.78. The number of amides is 1. The smallest absolute Gasteiger partial charge is 0.235 e. The van der Waals surface area contributed by atoms with Crippen molar-refractivity contribution in [2.24, 2.45) is 0 Å². The van der Waals surface area contributed by atoms with Crippen LogP contribution in [-0.4, -0.2) is 26.2 Å². The van der Waals surface area contributed by atoms with Gasteiger partial charge in [0.15, 0.2) is 0 Å². The fraction of sp³-hybridized carbons (Fsp3) is 0.467. The second-order valence-electron chi connectivity index (χ2n) is 4.68. The Labute approximate surface area is 123 Å². The van der Waals surface area contributed by atoms with Crippen LogP contribution in [0, 0.1) is 6.92 Å². The number of nitrogens with zero attached hydrogens (tertiary/aromatic N) is 2. The molecule has 1 aromatic carbocycles. The number of hydrogen-bond acceptors (Lipinski definition) is 3. The fourth-order valence-electron chi connectivity index (χ4n) is 2.40. The van der Waals surface area contributed by atoms with Gasteiger partial charge in [-0.1, -0.05) is 11.3 Å². The van der Waals surface area contributed by atoms with Gasteiger partial charge >= 0.3 is 0 Å². The van der Waals surface area contributed by atoms with E-state index in [9.17, 15) is 4.79 Å². The molecule has 0 unspecified atom stereocenters.